The Morgan fingerprint density at radius 3 is 2.61 bits per heavy atom. The van der Waals surface area contributed by atoms with Gasteiger partial charge >= 0.3 is 12.0 Å². The minimum absolute atomic E-state index is 0.0430. The van der Waals surface area contributed by atoms with Crippen molar-refractivity contribution in [3.05, 3.63) is 0 Å². The Morgan fingerprint density at radius 1 is 1.44 bits per heavy atom. The second kappa shape index (κ2) is 6.58. The molecule has 0 aromatic heterocycles. The first-order valence-electron chi connectivity index (χ1n) is 6.35. The summed E-state index contributed by atoms with van der Waals surface area (Å²) in [7, 11) is 0. The number of likely N-dealkylation sites (tertiary alicyclic amines) is 1. The van der Waals surface area contributed by atoms with Gasteiger partial charge in [-0.2, -0.15) is 0 Å². The molecule has 0 aliphatic carbocycles. The van der Waals surface area contributed by atoms with E-state index in [1.165, 1.54) is 0 Å². The summed E-state index contributed by atoms with van der Waals surface area (Å²) in [6.07, 6.45) is 1.60. The van der Waals surface area contributed by atoms with Crippen LogP contribution in [-0.4, -0.2) is 52.3 Å². The fraction of sp³-hybridized carbons (Fsp3) is 0.833. The topological polar surface area (TPSA) is 89.9 Å². The molecule has 0 spiro atoms. The van der Waals surface area contributed by atoms with Crippen molar-refractivity contribution in [1.29, 1.82) is 0 Å². The van der Waals surface area contributed by atoms with Gasteiger partial charge in [0.15, 0.2) is 0 Å². The molecule has 2 atom stereocenters. The van der Waals surface area contributed by atoms with E-state index in [1.54, 1.807) is 4.90 Å². The van der Waals surface area contributed by atoms with Crippen molar-refractivity contribution >= 4 is 12.0 Å². The Bertz CT molecular complexity index is 306. The van der Waals surface area contributed by atoms with Gasteiger partial charge in [0.2, 0.25) is 0 Å². The summed E-state index contributed by atoms with van der Waals surface area (Å²) in [5, 5.41) is 20.7. The molecule has 18 heavy (non-hydrogen) atoms. The molecule has 0 saturated carbocycles. The number of hydrogen-bond donors (Lipinski definition) is 3. The van der Waals surface area contributed by atoms with Gasteiger partial charge in [0, 0.05) is 12.6 Å². The molecular formula is C12H22N2O4. The molecule has 0 aromatic rings. The first-order valence-corrected chi connectivity index (χ1v) is 6.35. The lowest BCUT2D eigenvalue weighted by Gasteiger charge is -2.28. The van der Waals surface area contributed by atoms with Gasteiger partial charge < -0.3 is 20.4 Å². The van der Waals surface area contributed by atoms with Gasteiger partial charge in [0.25, 0.3) is 0 Å². The molecule has 0 radical (unpaired) electrons. The van der Waals surface area contributed by atoms with Crippen molar-refractivity contribution in [2.75, 3.05) is 13.2 Å². The van der Waals surface area contributed by atoms with Crippen LogP contribution in [0.2, 0.25) is 0 Å². The van der Waals surface area contributed by atoms with Crippen LogP contribution >= 0.6 is 0 Å². The number of nitrogens with one attached hydrogen (secondary N) is 1. The normalized spacial score (nSPS) is 21.1. The number of carboxylic acid groups (broad SMARTS) is 1. The van der Waals surface area contributed by atoms with Gasteiger partial charge in [-0.3, -0.25) is 4.79 Å². The lowest BCUT2D eigenvalue weighted by atomic mass is 10.0. The zero-order chi connectivity index (χ0) is 13.7. The molecule has 6 nitrogen and oxygen atoms in total. The number of carbonyl (C=O) groups excluding carboxylic acids is 1. The zero-order valence-corrected chi connectivity index (χ0v) is 10.9. The quantitative estimate of drug-likeness (QED) is 0.675. The Hall–Kier alpha value is -1.30. The molecule has 0 bridgehead atoms. The molecule has 3 N–H and O–H groups in total. The Balaban J connectivity index is 2.57. The summed E-state index contributed by atoms with van der Waals surface area (Å²) in [5.41, 5.74) is 0. The van der Waals surface area contributed by atoms with Crippen molar-refractivity contribution in [2.24, 2.45) is 5.92 Å². The number of carboxylic acids is 1. The summed E-state index contributed by atoms with van der Waals surface area (Å²) < 4.78 is 0. The minimum Gasteiger partial charge on any atom is -0.481 e. The molecule has 104 valence electrons. The summed E-state index contributed by atoms with van der Waals surface area (Å²) in [6.45, 7) is 4.33. The lowest BCUT2D eigenvalue weighted by Crippen LogP contribution is -2.49. The van der Waals surface area contributed by atoms with E-state index >= 15 is 0 Å². The van der Waals surface area contributed by atoms with Crippen molar-refractivity contribution < 1.29 is 19.8 Å². The van der Waals surface area contributed by atoms with Crippen molar-refractivity contribution in [1.82, 2.24) is 10.2 Å². The highest BCUT2D eigenvalue weighted by Gasteiger charge is 2.30. The van der Waals surface area contributed by atoms with Crippen molar-refractivity contribution in [3.63, 3.8) is 0 Å². The van der Waals surface area contributed by atoms with Crippen LogP contribution in [0.15, 0.2) is 0 Å². The molecule has 1 saturated heterocycles. The predicted octanol–water partition coefficient (Wildman–Crippen LogP) is 0.652. The molecule has 1 heterocycles. The number of carbonyl (C=O) groups is 2. The highest BCUT2D eigenvalue weighted by atomic mass is 16.4. The molecule has 2 unspecified atom stereocenters. The monoisotopic (exact) mass is 258 g/mol. The van der Waals surface area contributed by atoms with E-state index in [0.717, 1.165) is 12.8 Å². The number of aliphatic hydroxyl groups excluding tert-OH is 1. The highest BCUT2D eigenvalue weighted by Crippen LogP contribution is 2.17. The fourth-order valence-corrected chi connectivity index (χ4v) is 2.18. The van der Waals surface area contributed by atoms with Crippen LogP contribution in [0.3, 0.4) is 0 Å². The van der Waals surface area contributed by atoms with Crippen LogP contribution in [0, 0.1) is 5.92 Å². The maximum atomic E-state index is 12.0. The molecule has 2 amide bonds. The third-order valence-electron chi connectivity index (χ3n) is 3.36. The number of urea groups is 1. The van der Waals surface area contributed by atoms with Crippen LogP contribution in [-0.2, 0) is 4.79 Å². The van der Waals surface area contributed by atoms with E-state index in [0.29, 0.717) is 6.54 Å². The predicted molar refractivity (Wildman–Crippen MR) is 66.2 cm³/mol. The standard InChI is InChI=1S/C12H22N2O4/c1-8(2)10(6-11(16)17)13-12(18)14-5-3-4-9(14)7-15/h8-10,15H,3-7H2,1-2H3,(H,13,18)(H,16,17). The van der Waals surface area contributed by atoms with E-state index in [2.05, 4.69) is 5.32 Å². The SMILES string of the molecule is CC(C)C(CC(=O)O)NC(=O)N1CCCC1CO. The van der Waals surface area contributed by atoms with Crippen LogP contribution < -0.4 is 5.32 Å². The highest BCUT2D eigenvalue weighted by molar-refractivity contribution is 5.76. The van der Waals surface area contributed by atoms with Gasteiger partial charge in [-0.05, 0) is 18.8 Å². The second-order valence-electron chi connectivity index (χ2n) is 5.07. The van der Waals surface area contributed by atoms with Crippen molar-refractivity contribution in [2.45, 2.75) is 45.2 Å². The van der Waals surface area contributed by atoms with Gasteiger partial charge in [-0.15, -0.1) is 0 Å². The molecule has 1 rings (SSSR count). The van der Waals surface area contributed by atoms with Gasteiger partial charge in [0.1, 0.15) is 0 Å². The van der Waals surface area contributed by atoms with Gasteiger partial charge in [-0.1, -0.05) is 13.8 Å². The average molecular weight is 258 g/mol. The number of nitrogens with zero attached hydrogens (tertiary/aromatic N) is 1. The number of aliphatic carboxylic acids is 1. The number of rotatable bonds is 5. The third kappa shape index (κ3) is 3.87. The molecular weight excluding hydrogens is 236 g/mol. The largest absolute Gasteiger partial charge is 0.481 e. The molecule has 1 aliphatic rings. The Morgan fingerprint density at radius 2 is 2.11 bits per heavy atom. The first-order chi connectivity index (χ1) is 8.45. The van der Waals surface area contributed by atoms with E-state index in [1.807, 2.05) is 13.8 Å². The van der Waals surface area contributed by atoms with Crippen molar-refractivity contribution in [3.8, 4) is 0 Å². The van der Waals surface area contributed by atoms with Crippen LogP contribution in [0.4, 0.5) is 4.79 Å². The lowest BCUT2D eigenvalue weighted by molar-refractivity contribution is -0.137. The van der Waals surface area contributed by atoms with Crippen LogP contribution in [0.25, 0.3) is 0 Å². The summed E-state index contributed by atoms with van der Waals surface area (Å²) in [4.78, 5) is 24.3. The molecule has 1 aliphatic heterocycles. The smallest absolute Gasteiger partial charge is 0.317 e. The Kier molecular flexibility index (Phi) is 5.40. The van der Waals surface area contributed by atoms with Gasteiger partial charge in [-0.25, -0.2) is 4.79 Å². The maximum absolute atomic E-state index is 12.0. The van der Waals surface area contributed by atoms with Crippen LogP contribution in [0.1, 0.15) is 33.1 Å². The zero-order valence-electron chi connectivity index (χ0n) is 10.9. The maximum Gasteiger partial charge on any atom is 0.317 e. The summed E-state index contributed by atoms with van der Waals surface area (Å²) in [6, 6.07) is -0.788. The van der Waals surface area contributed by atoms with Crippen LogP contribution in [0.5, 0.6) is 0 Å². The summed E-state index contributed by atoms with van der Waals surface area (Å²) >= 11 is 0. The minimum atomic E-state index is -0.922. The second-order valence-corrected chi connectivity index (χ2v) is 5.07. The number of aliphatic hydroxyl groups is 1. The molecule has 1 fully saturated rings. The Labute approximate surface area is 107 Å². The van der Waals surface area contributed by atoms with E-state index in [-0.39, 0.29) is 37.1 Å². The third-order valence-corrected chi connectivity index (χ3v) is 3.36. The molecule has 0 aromatic carbocycles. The van der Waals surface area contributed by atoms with E-state index in [4.69, 9.17) is 10.2 Å². The number of amides is 2. The molecule has 6 heteroatoms. The van der Waals surface area contributed by atoms with Gasteiger partial charge in [0.05, 0.1) is 19.1 Å². The summed E-state index contributed by atoms with van der Waals surface area (Å²) in [5.74, 6) is -0.866. The average Bonchev–Trinajstić information content (AvgIpc) is 2.75. The van der Waals surface area contributed by atoms with E-state index < -0.39 is 5.97 Å². The fourth-order valence-electron chi connectivity index (χ4n) is 2.18. The number of hydrogen-bond acceptors (Lipinski definition) is 3. The first kappa shape index (κ1) is 14.8. The van der Waals surface area contributed by atoms with E-state index in [9.17, 15) is 9.59 Å².